The summed E-state index contributed by atoms with van der Waals surface area (Å²) in [7, 11) is 0. The Kier molecular flexibility index (Phi) is 2.69. The van der Waals surface area contributed by atoms with Crippen LogP contribution in [0.5, 0.6) is 0 Å². The molecule has 0 aromatic carbocycles. The number of carbonyl (C=O) groups excluding carboxylic acids is 2. The van der Waals surface area contributed by atoms with Gasteiger partial charge in [-0.3, -0.25) is 14.5 Å². The lowest BCUT2D eigenvalue weighted by Gasteiger charge is -2.13. The average Bonchev–Trinajstić information content (AvgIpc) is 2.53. The van der Waals surface area contributed by atoms with E-state index in [4.69, 9.17) is 28.9 Å². The quantitative estimate of drug-likeness (QED) is 0.592. The maximum Gasteiger partial charge on any atom is 0.237 e. The molecule has 2 N–H and O–H groups in total. The van der Waals surface area contributed by atoms with Crippen molar-refractivity contribution in [2.24, 2.45) is 0 Å². The summed E-state index contributed by atoms with van der Waals surface area (Å²) in [6, 6.07) is 0. The fourth-order valence-corrected chi connectivity index (χ4v) is 1.67. The van der Waals surface area contributed by atoms with Gasteiger partial charge in [0.15, 0.2) is 16.1 Å². The number of halogens is 2. The van der Waals surface area contributed by atoms with E-state index in [0.717, 1.165) is 4.90 Å². The number of amides is 1. The number of ketones is 1. The fourth-order valence-electron chi connectivity index (χ4n) is 1.29. The van der Waals surface area contributed by atoms with Crippen molar-refractivity contribution < 1.29 is 9.59 Å². The highest BCUT2D eigenvalue weighted by molar-refractivity contribution is 6.37. The summed E-state index contributed by atoms with van der Waals surface area (Å²) in [6.45, 7) is -0.0601. The Hall–Kier alpha value is -1.40. The van der Waals surface area contributed by atoms with Crippen molar-refractivity contribution in [1.82, 2.24) is 9.97 Å². The van der Waals surface area contributed by atoms with Gasteiger partial charge in [-0.1, -0.05) is 23.2 Å². The summed E-state index contributed by atoms with van der Waals surface area (Å²) < 4.78 is 0. The van der Waals surface area contributed by atoms with Crippen molar-refractivity contribution >= 4 is 46.5 Å². The number of aromatic nitrogens is 2. The first-order chi connectivity index (χ1) is 7.49. The standard InChI is InChI=1S/C8H6Cl2N4O2/c9-6-5(11)7(10)13-8(12-6)14-2-3(15)1-4(14)16/h1-2,11H2. The Morgan fingerprint density at radius 3 is 2.19 bits per heavy atom. The van der Waals surface area contributed by atoms with Crippen molar-refractivity contribution in [2.45, 2.75) is 6.42 Å². The van der Waals surface area contributed by atoms with E-state index in [1.165, 1.54) is 0 Å². The van der Waals surface area contributed by atoms with Gasteiger partial charge in [-0.15, -0.1) is 0 Å². The lowest BCUT2D eigenvalue weighted by atomic mass is 10.3. The largest absolute Gasteiger partial charge is 0.394 e. The van der Waals surface area contributed by atoms with Crippen molar-refractivity contribution in [2.75, 3.05) is 17.2 Å². The van der Waals surface area contributed by atoms with E-state index in [1.807, 2.05) is 0 Å². The molecule has 1 aromatic rings. The van der Waals surface area contributed by atoms with Gasteiger partial charge in [0, 0.05) is 0 Å². The molecule has 0 bridgehead atoms. The minimum absolute atomic E-state index is 0.0000463. The highest BCUT2D eigenvalue weighted by atomic mass is 35.5. The zero-order valence-electron chi connectivity index (χ0n) is 7.91. The SMILES string of the molecule is Nc1c(Cl)nc(N2CC(=O)CC2=O)nc1Cl. The van der Waals surface area contributed by atoms with E-state index in [-0.39, 0.29) is 46.6 Å². The first-order valence-electron chi connectivity index (χ1n) is 4.29. The Balaban J connectivity index is 2.42. The third kappa shape index (κ3) is 1.81. The second kappa shape index (κ2) is 3.88. The molecule has 1 aliphatic rings. The number of hydrogen-bond donors (Lipinski definition) is 1. The van der Waals surface area contributed by atoms with Gasteiger partial charge >= 0.3 is 0 Å². The van der Waals surface area contributed by atoms with Gasteiger partial charge in [0.1, 0.15) is 5.69 Å². The smallest absolute Gasteiger partial charge is 0.237 e. The normalized spacial score (nSPS) is 16.0. The van der Waals surface area contributed by atoms with Crippen LogP contribution in [0, 0.1) is 0 Å². The Morgan fingerprint density at radius 2 is 1.75 bits per heavy atom. The molecule has 1 aliphatic heterocycles. The Labute approximate surface area is 100 Å². The van der Waals surface area contributed by atoms with Gasteiger partial charge < -0.3 is 5.73 Å². The van der Waals surface area contributed by atoms with E-state index < -0.39 is 0 Å². The number of Topliss-reactive ketones (excluding diaryl/α,β-unsaturated/α-hetero) is 1. The predicted octanol–water partition coefficient (Wildman–Crippen LogP) is 0.671. The van der Waals surface area contributed by atoms with Crippen molar-refractivity contribution in [1.29, 1.82) is 0 Å². The van der Waals surface area contributed by atoms with Crippen LogP contribution >= 0.6 is 23.2 Å². The van der Waals surface area contributed by atoms with Crippen LogP contribution in [0.15, 0.2) is 0 Å². The first-order valence-corrected chi connectivity index (χ1v) is 5.05. The van der Waals surface area contributed by atoms with Crippen LogP contribution in [0.25, 0.3) is 0 Å². The fraction of sp³-hybridized carbons (Fsp3) is 0.250. The number of nitrogen functional groups attached to an aromatic ring is 1. The third-order valence-corrected chi connectivity index (χ3v) is 2.64. The molecule has 0 aliphatic carbocycles. The molecule has 8 heteroatoms. The highest BCUT2D eigenvalue weighted by Crippen LogP contribution is 2.27. The molecule has 1 amide bonds. The molecular formula is C8H6Cl2N4O2. The molecule has 1 saturated heterocycles. The van der Waals surface area contributed by atoms with Gasteiger partial charge in [-0.25, -0.2) is 0 Å². The molecule has 6 nitrogen and oxygen atoms in total. The van der Waals surface area contributed by atoms with Crippen molar-refractivity contribution in [3.63, 3.8) is 0 Å². The summed E-state index contributed by atoms with van der Waals surface area (Å²) in [5.74, 6) is -0.570. The molecule has 0 atom stereocenters. The number of nitrogens with two attached hydrogens (primary N) is 1. The van der Waals surface area contributed by atoms with Crippen molar-refractivity contribution in [3.05, 3.63) is 10.3 Å². The summed E-state index contributed by atoms with van der Waals surface area (Å²) in [5.41, 5.74) is 5.50. The number of anilines is 2. The van der Waals surface area contributed by atoms with Crippen LogP contribution in [-0.2, 0) is 9.59 Å². The third-order valence-electron chi connectivity index (χ3n) is 2.07. The van der Waals surface area contributed by atoms with Crippen LogP contribution < -0.4 is 10.6 Å². The van der Waals surface area contributed by atoms with Crippen LogP contribution in [0.4, 0.5) is 11.6 Å². The van der Waals surface area contributed by atoms with Gasteiger partial charge in [-0.2, -0.15) is 9.97 Å². The van der Waals surface area contributed by atoms with Crippen LogP contribution in [0.2, 0.25) is 10.3 Å². The van der Waals surface area contributed by atoms with Crippen LogP contribution in [0.3, 0.4) is 0 Å². The molecule has 1 aromatic heterocycles. The van der Waals surface area contributed by atoms with Gasteiger partial charge in [0.05, 0.1) is 13.0 Å². The Morgan fingerprint density at radius 1 is 1.19 bits per heavy atom. The second-order valence-corrected chi connectivity index (χ2v) is 3.93. The molecule has 0 spiro atoms. The maximum atomic E-state index is 11.4. The Bertz CT molecular complexity index is 468. The highest BCUT2D eigenvalue weighted by Gasteiger charge is 2.31. The molecule has 2 heterocycles. The molecule has 2 rings (SSSR count). The van der Waals surface area contributed by atoms with E-state index in [2.05, 4.69) is 9.97 Å². The van der Waals surface area contributed by atoms with E-state index in [0.29, 0.717) is 0 Å². The van der Waals surface area contributed by atoms with Gasteiger partial charge in [0.2, 0.25) is 11.9 Å². The first kappa shape index (κ1) is 11.1. The summed E-state index contributed by atoms with van der Waals surface area (Å²) >= 11 is 11.4. The van der Waals surface area contributed by atoms with E-state index >= 15 is 0 Å². The van der Waals surface area contributed by atoms with Crippen molar-refractivity contribution in [3.8, 4) is 0 Å². The zero-order valence-corrected chi connectivity index (χ0v) is 9.42. The van der Waals surface area contributed by atoms with E-state index in [1.54, 1.807) is 0 Å². The lowest BCUT2D eigenvalue weighted by molar-refractivity contribution is -0.121. The number of nitrogens with zero attached hydrogens (tertiary/aromatic N) is 3. The summed E-state index contributed by atoms with van der Waals surface area (Å²) in [5, 5.41) is -0.0794. The van der Waals surface area contributed by atoms with Gasteiger partial charge in [0.25, 0.3) is 0 Å². The molecule has 0 radical (unpaired) electrons. The summed E-state index contributed by atoms with van der Waals surface area (Å²) in [4.78, 5) is 31.2. The predicted molar refractivity (Wildman–Crippen MR) is 58.4 cm³/mol. The number of rotatable bonds is 1. The van der Waals surface area contributed by atoms with Crippen LogP contribution in [0.1, 0.15) is 6.42 Å². The number of carbonyl (C=O) groups is 2. The molecule has 1 fully saturated rings. The zero-order chi connectivity index (χ0) is 11.9. The lowest BCUT2D eigenvalue weighted by Crippen LogP contribution is -2.27. The minimum Gasteiger partial charge on any atom is -0.394 e. The topological polar surface area (TPSA) is 89.2 Å². The van der Waals surface area contributed by atoms with Gasteiger partial charge in [-0.05, 0) is 0 Å². The minimum atomic E-state index is -0.373. The van der Waals surface area contributed by atoms with E-state index in [9.17, 15) is 9.59 Å². The second-order valence-electron chi connectivity index (χ2n) is 3.21. The maximum absolute atomic E-state index is 11.4. The van der Waals surface area contributed by atoms with Crippen LogP contribution in [-0.4, -0.2) is 28.2 Å². The molecule has 0 saturated carbocycles. The number of hydrogen-bond acceptors (Lipinski definition) is 5. The average molecular weight is 261 g/mol. The molecule has 84 valence electrons. The molecular weight excluding hydrogens is 255 g/mol. The monoisotopic (exact) mass is 260 g/mol. The summed E-state index contributed by atoms with van der Waals surface area (Å²) in [6.07, 6.45) is -0.150. The molecule has 16 heavy (non-hydrogen) atoms. The molecule has 0 unspecified atom stereocenters.